The van der Waals surface area contributed by atoms with Crippen LogP contribution in [0, 0.1) is 0 Å². The van der Waals surface area contributed by atoms with E-state index in [0.29, 0.717) is 0 Å². The number of aromatic nitrogens is 4. The zero-order chi connectivity index (χ0) is 57.9. The van der Waals surface area contributed by atoms with Gasteiger partial charge in [0.15, 0.2) is 0 Å². The third kappa shape index (κ3) is 10.1. The van der Waals surface area contributed by atoms with Crippen LogP contribution in [0.4, 0.5) is 0 Å². The van der Waals surface area contributed by atoms with Gasteiger partial charge in [0.2, 0.25) is 0 Å². The van der Waals surface area contributed by atoms with Crippen molar-refractivity contribution < 1.29 is 0 Å². The summed E-state index contributed by atoms with van der Waals surface area (Å²) in [5, 5.41) is 5.28. The van der Waals surface area contributed by atoms with Gasteiger partial charge >= 0.3 is 0 Å². The van der Waals surface area contributed by atoms with E-state index in [-0.39, 0.29) is 0 Å². The van der Waals surface area contributed by atoms with Gasteiger partial charge in [0.05, 0.1) is 22.8 Å². The first kappa shape index (κ1) is 53.7. The lowest BCUT2D eigenvalue weighted by molar-refractivity contribution is 1.25. The minimum Gasteiger partial charge on any atom is -0.256 e. The summed E-state index contributed by atoms with van der Waals surface area (Å²) in [6.45, 7) is 5.26. The Morgan fingerprint density at radius 2 is 0.372 bits per heavy atom. The van der Waals surface area contributed by atoms with E-state index in [0.717, 1.165) is 79.4 Å². The largest absolute Gasteiger partial charge is 0.256 e. The molecule has 6 heterocycles. The third-order valence-corrected chi connectivity index (χ3v) is 27.0. The molecule has 0 radical (unpaired) electrons. The highest BCUT2D eigenvalue weighted by Gasteiger charge is 2.53. The first-order valence-electron chi connectivity index (χ1n) is 29.7. The molecule has 12 aromatic rings. The van der Waals surface area contributed by atoms with Crippen molar-refractivity contribution in [2.75, 3.05) is 0 Å². The molecule has 0 saturated carbocycles. The van der Waals surface area contributed by atoms with Crippen molar-refractivity contribution >= 4 is 59.2 Å². The fraction of sp³-hybridized carbons (Fsp3) is 0.0500. The average molecular weight is 1140 g/mol. The highest BCUT2D eigenvalue weighted by Crippen LogP contribution is 2.61. The normalized spacial score (nSPS) is 14.5. The SMILES string of the molecule is C[Si]1(CC[Si]2(C)C(c3ccc(-c4ccccc4)cn3)=C(c3ccccc3)C(c3ccccc3)=C2c2ccc(-c3ccccc3)cn2)C(c2ccc(-c3ccccc3)cn2)=C(c2ccccc2)C(c2ccccc2)=C1c1ccc(-c2ccccc2)cn1. The number of hydrogen-bond donors (Lipinski definition) is 0. The summed E-state index contributed by atoms with van der Waals surface area (Å²) in [5.74, 6) is 0. The van der Waals surface area contributed by atoms with E-state index in [2.05, 4.69) is 329 Å². The lowest BCUT2D eigenvalue weighted by Gasteiger charge is -2.36. The van der Waals surface area contributed by atoms with Gasteiger partial charge in [-0.25, -0.2) is 0 Å². The minimum atomic E-state index is -3.11. The van der Waals surface area contributed by atoms with Gasteiger partial charge in [-0.3, -0.25) is 19.9 Å². The average Bonchev–Trinajstić information content (AvgIpc) is 1.59. The van der Waals surface area contributed by atoms with Crippen molar-refractivity contribution in [3.8, 4) is 44.5 Å². The summed E-state index contributed by atoms with van der Waals surface area (Å²) in [4.78, 5) is 22.5. The van der Waals surface area contributed by atoms with Crippen molar-refractivity contribution in [2.45, 2.75) is 25.2 Å². The van der Waals surface area contributed by atoms with E-state index in [9.17, 15) is 0 Å². The molecule has 4 nitrogen and oxygen atoms in total. The Morgan fingerprint density at radius 3 is 0.535 bits per heavy atom. The maximum Gasteiger partial charge on any atom is 0.122 e. The standard InChI is InChI=1S/C80H62N4Si2/c1-85(77(69-47-43-65(53-81-69)57-27-11-3-12-28-57)73(61-35-19-7-20-36-61)74(62-37-21-8-22-38-62)78(85)70-48-44-66(54-82-70)58-29-13-4-14-30-58)51-52-86(2)79(71-49-45-67(55-83-71)59-31-15-5-16-32-59)75(63-39-23-9-24-40-63)76(64-41-25-10-26-42-64)80(86)72-50-46-68(56-84-72)60-33-17-6-18-34-60/h3-50,53-56H,51-52H2,1-2H3. The molecule has 0 saturated heterocycles. The van der Waals surface area contributed by atoms with Gasteiger partial charge in [-0.1, -0.05) is 292 Å². The van der Waals surface area contributed by atoms with Crippen LogP contribution in [0.15, 0.2) is 316 Å². The molecule has 2 aliphatic rings. The Labute approximate surface area is 506 Å². The summed E-state index contributed by atoms with van der Waals surface area (Å²) in [7, 11) is -6.23. The summed E-state index contributed by atoms with van der Waals surface area (Å²) >= 11 is 0. The maximum atomic E-state index is 5.61. The smallest absolute Gasteiger partial charge is 0.122 e. The second kappa shape index (κ2) is 23.4. The van der Waals surface area contributed by atoms with E-state index in [1.165, 1.54) is 65.3 Å². The van der Waals surface area contributed by atoms with Gasteiger partial charge in [0.1, 0.15) is 16.1 Å². The van der Waals surface area contributed by atoms with Crippen molar-refractivity contribution in [1.82, 2.24) is 19.9 Å². The highest BCUT2D eigenvalue weighted by molar-refractivity contribution is 7.17. The fourth-order valence-corrected chi connectivity index (χ4v) is 25.1. The fourth-order valence-electron chi connectivity index (χ4n) is 13.4. The number of benzene rings is 8. The Balaban J connectivity index is 1.05. The van der Waals surface area contributed by atoms with Crippen LogP contribution >= 0.6 is 0 Å². The molecular weight excluding hydrogens is 1070 g/mol. The number of rotatable bonds is 15. The lowest BCUT2D eigenvalue weighted by atomic mass is 9.90. The van der Waals surface area contributed by atoms with Crippen LogP contribution in [0.2, 0.25) is 25.2 Å². The molecule has 0 amide bonds. The molecule has 0 unspecified atom stereocenters. The predicted molar refractivity (Wildman–Crippen MR) is 365 cm³/mol. The topological polar surface area (TPSA) is 51.6 Å². The summed E-state index contributed by atoms with van der Waals surface area (Å²) in [5.41, 5.74) is 22.5. The van der Waals surface area contributed by atoms with Crippen LogP contribution in [0.25, 0.3) is 87.6 Å². The molecule has 8 aromatic carbocycles. The van der Waals surface area contributed by atoms with Crippen molar-refractivity contribution in [3.05, 3.63) is 361 Å². The van der Waals surface area contributed by atoms with Crippen molar-refractivity contribution in [3.63, 3.8) is 0 Å². The number of allylic oxidation sites excluding steroid dienone is 4. The minimum absolute atomic E-state index is 0.874. The van der Waals surface area contributed by atoms with Crippen LogP contribution in [0.5, 0.6) is 0 Å². The zero-order valence-electron chi connectivity index (χ0n) is 48.2. The van der Waals surface area contributed by atoms with Crippen LogP contribution in [-0.4, -0.2) is 36.1 Å². The molecule has 0 N–H and O–H groups in total. The van der Waals surface area contributed by atoms with E-state index >= 15 is 0 Å². The maximum absolute atomic E-state index is 5.61. The molecule has 14 rings (SSSR count). The molecule has 0 fully saturated rings. The second-order valence-corrected chi connectivity index (χ2v) is 31.1. The molecular formula is C80H62N4Si2. The quantitative estimate of drug-likeness (QED) is 0.0960. The van der Waals surface area contributed by atoms with Gasteiger partial charge in [0, 0.05) is 47.0 Å². The highest BCUT2D eigenvalue weighted by atomic mass is 28.3. The molecule has 0 bridgehead atoms. The molecule has 0 aliphatic carbocycles. The van der Waals surface area contributed by atoms with Crippen LogP contribution in [-0.2, 0) is 0 Å². The first-order chi connectivity index (χ1) is 42.4. The van der Waals surface area contributed by atoms with E-state index in [4.69, 9.17) is 19.9 Å². The van der Waals surface area contributed by atoms with E-state index in [1.54, 1.807) is 0 Å². The van der Waals surface area contributed by atoms with Gasteiger partial charge < -0.3 is 0 Å². The van der Waals surface area contributed by atoms with Gasteiger partial charge in [-0.05, 0) is 112 Å². The summed E-state index contributed by atoms with van der Waals surface area (Å²) in [6.07, 6.45) is 8.35. The third-order valence-electron chi connectivity index (χ3n) is 17.6. The monoisotopic (exact) mass is 1130 g/mol. The van der Waals surface area contributed by atoms with Gasteiger partial charge in [-0.2, -0.15) is 0 Å². The van der Waals surface area contributed by atoms with Crippen LogP contribution < -0.4 is 0 Å². The Morgan fingerprint density at radius 1 is 0.198 bits per heavy atom. The molecule has 0 atom stereocenters. The Kier molecular flexibility index (Phi) is 14.6. The molecule has 4 aromatic heterocycles. The predicted octanol–water partition coefficient (Wildman–Crippen LogP) is 20.0. The molecule has 0 spiro atoms. The number of hydrogen-bond acceptors (Lipinski definition) is 4. The summed E-state index contributed by atoms with van der Waals surface area (Å²) < 4.78 is 0. The summed E-state index contributed by atoms with van der Waals surface area (Å²) in [6, 6.07) is 107. The molecule has 2 aliphatic heterocycles. The van der Waals surface area contributed by atoms with Gasteiger partial charge in [-0.15, -0.1) is 0 Å². The zero-order valence-corrected chi connectivity index (χ0v) is 50.2. The number of nitrogens with zero attached hydrogens (tertiary/aromatic N) is 4. The molecule has 410 valence electrons. The first-order valence-corrected chi connectivity index (χ1v) is 35.1. The van der Waals surface area contributed by atoms with Crippen molar-refractivity contribution in [2.24, 2.45) is 0 Å². The Bertz CT molecular complexity index is 3900. The Hall–Kier alpha value is -10.2. The lowest BCUT2D eigenvalue weighted by Crippen LogP contribution is -2.40. The van der Waals surface area contributed by atoms with E-state index < -0.39 is 16.1 Å². The second-order valence-electron chi connectivity index (χ2n) is 22.8. The van der Waals surface area contributed by atoms with Crippen LogP contribution in [0.3, 0.4) is 0 Å². The van der Waals surface area contributed by atoms with Crippen molar-refractivity contribution in [1.29, 1.82) is 0 Å². The molecule has 6 heteroatoms. The molecule has 86 heavy (non-hydrogen) atoms. The number of pyridine rings is 4. The van der Waals surface area contributed by atoms with E-state index in [1.807, 2.05) is 0 Å². The van der Waals surface area contributed by atoms with Crippen LogP contribution in [0.1, 0.15) is 45.0 Å². The van der Waals surface area contributed by atoms with Gasteiger partial charge in [0.25, 0.3) is 0 Å².